The van der Waals surface area contributed by atoms with Gasteiger partial charge in [-0.15, -0.1) is 0 Å². The van der Waals surface area contributed by atoms with Gasteiger partial charge in [0.2, 0.25) is 15.9 Å². The topological polar surface area (TPSA) is 60.9 Å². The highest BCUT2D eigenvalue weighted by molar-refractivity contribution is 7.88. The third kappa shape index (κ3) is 4.76. The summed E-state index contributed by atoms with van der Waals surface area (Å²) in [6.45, 7) is 12.3. The van der Waals surface area contributed by atoms with Crippen LogP contribution in [0, 0.1) is 13.8 Å². The molecule has 6 nitrogen and oxygen atoms in total. The van der Waals surface area contributed by atoms with E-state index in [0.717, 1.165) is 19.3 Å². The Bertz CT molecular complexity index is 761. The summed E-state index contributed by atoms with van der Waals surface area (Å²) in [6.07, 6.45) is 1.16. The molecule has 1 saturated heterocycles. The van der Waals surface area contributed by atoms with Gasteiger partial charge in [0.05, 0.1) is 12.8 Å². The quantitative estimate of drug-likeness (QED) is 0.800. The first-order valence-electron chi connectivity index (χ1n) is 8.98. The first-order chi connectivity index (χ1) is 11.9. The fourth-order valence-electron chi connectivity index (χ4n) is 3.35. The molecule has 1 amide bonds. The van der Waals surface area contributed by atoms with Crippen LogP contribution in [0.25, 0.3) is 0 Å². The van der Waals surface area contributed by atoms with Crippen LogP contribution < -0.4 is 4.90 Å². The maximum absolute atomic E-state index is 12.7. The molecule has 2 rings (SSSR count). The van der Waals surface area contributed by atoms with Crippen LogP contribution in [-0.2, 0) is 14.8 Å². The molecule has 1 fully saturated rings. The summed E-state index contributed by atoms with van der Waals surface area (Å²) in [5.41, 5.74) is 3.12. The van der Waals surface area contributed by atoms with Crippen molar-refractivity contribution >= 4 is 21.6 Å². The van der Waals surface area contributed by atoms with Crippen LogP contribution in [0.5, 0.6) is 0 Å². The van der Waals surface area contributed by atoms with E-state index in [2.05, 4.69) is 36.9 Å². The van der Waals surface area contributed by atoms with Gasteiger partial charge in [-0.3, -0.25) is 4.79 Å². The van der Waals surface area contributed by atoms with E-state index in [0.29, 0.717) is 13.1 Å². The number of benzene rings is 1. The normalized spacial score (nSPS) is 16.3. The van der Waals surface area contributed by atoms with Crippen molar-refractivity contribution < 1.29 is 13.2 Å². The average Bonchev–Trinajstić information content (AvgIpc) is 2.53. The summed E-state index contributed by atoms with van der Waals surface area (Å²) in [6, 6.07) is 6.28. The van der Waals surface area contributed by atoms with Crippen molar-refractivity contribution in [2.75, 3.05) is 43.9 Å². The molecule has 0 radical (unpaired) electrons. The van der Waals surface area contributed by atoms with Crippen molar-refractivity contribution in [3.63, 3.8) is 0 Å². The third-order valence-electron chi connectivity index (χ3n) is 4.98. The predicted octanol–water partition coefficient (Wildman–Crippen LogP) is 2.01. The molecule has 1 aromatic carbocycles. The fraction of sp³-hybridized carbons (Fsp3) is 0.632. The number of amides is 1. The van der Waals surface area contributed by atoms with E-state index in [4.69, 9.17) is 0 Å². The van der Waals surface area contributed by atoms with Gasteiger partial charge >= 0.3 is 0 Å². The Hall–Kier alpha value is -1.60. The number of piperazine rings is 1. The summed E-state index contributed by atoms with van der Waals surface area (Å²) in [5.74, 6) is -0.133. The maximum atomic E-state index is 12.7. The van der Waals surface area contributed by atoms with Crippen LogP contribution >= 0.6 is 0 Å². The van der Waals surface area contributed by atoms with Crippen molar-refractivity contribution in [3.8, 4) is 0 Å². The smallest absolute Gasteiger partial charge is 0.238 e. The molecule has 1 aromatic rings. The average molecular weight is 382 g/mol. The third-order valence-corrected chi connectivity index (χ3v) is 6.45. The molecule has 146 valence electrons. The number of carbonyl (C=O) groups is 1. The van der Waals surface area contributed by atoms with Crippen molar-refractivity contribution in [2.24, 2.45) is 0 Å². The molecule has 0 unspecified atom stereocenters. The number of rotatable bonds is 4. The Balaban J connectivity index is 2.03. The second kappa shape index (κ2) is 7.56. The number of sulfonamides is 1. The van der Waals surface area contributed by atoms with Crippen molar-refractivity contribution in [1.82, 2.24) is 9.21 Å². The highest BCUT2D eigenvalue weighted by Crippen LogP contribution is 2.24. The molecular weight excluding hydrogens is 350 g/mol. The van der Waals surface area contributed by atoms with Gasteiger partial charge in [0, 0.05) is 37.4 Å². The van der Waals surface area contributed by atoms with Gasteiger partial charge < -0.3 is 9.80 Å². The van der Waals surface area contributed by atoms with Crippen LogP contribution in [0.2, 0.25) is 0 Å². The lowest BCUT2D eigenvalue weighted by Crippen LogP contribution is -2.54. The van der Waals surface area contributed by atoms with Gasteiger partial charge in [-0.2, -0.15) is 4.31 Å². The lowest BCUT2D eigenvalue weighted by atomic mass is 10.1. The van der Waals surface area contributed by atoms with E-state index in [-0.39, 0.29) is 12.5 Å². The number of carbonyl (C=O) groups excluding carboxylic acids is 1. The molecule has 1 aliphatic heterocycles. The minimum atomic E-state index is -3.45. The fourth-order valence-corrected chi connectivity index (χ4v) is 4.69. The molecule has 0 aliphatic carbocycles. The molecule has 7 heteroatoms. The largest absolute Gasteiger partial charge is 0.368 e. The van der Waals surface area contributed by atoms with Crippen molar-refractivity contribution in [2.45, 2.75) is 40.2 Å². The minimum absolute atomic E-state index is 0.105. The monoisotopic (exact) mass is 381 g/mol. The van der Waals surface area contributed by atoms with Gasteiger partial charge in [-0.05, 0) is 51.8 Å². The standard InChI is InChI=1S/C19H31N3O3S/c1-15-8-7-9-17(16(15)2)20-10-12-21(13-11-20)18(23)14-22(19(3,4)5)26(6,24)25/h7-9H,10-14H2,1-6H3. The van der Waals surface area contributed by atoms with Gasteiger partial charge in [-0.1, -0.05) is 12.1 Å². The van der Waals surface area contributed by atoms with Gasteiger partial charge in [-0.25, -0.2) is 8.42 Å². The summed E-state index contributed by atoms with van der Waals surface area (Å²) in [4.78, 5) is 16.7. The molecule has 0 aromatic heterocycles. The molecule has 0 bridgehead atoms. The van der Waals surface area contributed by atoms with Crippen LogP contribution in [0.3, 0.4) is 0 Å². The number of aryl methyl sites for hydroxylation is 1. The summed E-state index contributed by atoms with van der Waals surface area (Å²) in [5, 5.41) is 0. The Kier molecular flexibility index (Phi) is 6.02. The van der Waals surface area contributed by atoms with Crippen molar-refractivity contribution in [1.29, 1.82) is 0 Å². The zero-order chi connectivity index (χ0) is 19.7. The molecule has 0 atom stereocenters. The lowest BCUT2D eigenvalue weighted by molar-refractivity contribution is -0.132. The van der Waals surface area contributed by atoms with E-state index < -0.39 is 15.6 Å². The Labute approximate surface area is 157 Å². The molecule has 26 heavy (non-hydrogen) atoms. The Morgan fingerprint density at radius 1 is 1.12 bits per heavy atom. The second-order valence-corrected chi connectivity index (χ2v) is 9.93. The molecular formula is C19H31N3O3S. The van der Waals surface area contributed by atoms with Gasteiger partial charge in [0.25, 0.3) is 0 Å². The minimum Gasteiger partial charge on any atom is -0.368 e. The van der Waals surface area contributed by atoms with Crippen LogP contribution in [0.4, 0.5) is 5.69 Å². The molecule has 0 N–H and O–H groups in total. The van der Waals surface area contributed by atoms with Gasteiger partial charge in [0.15, 0.2) is 0 Å². The first-order valence-corrected chi connectivity index (χ1v) is 10.8. The zero-order valence-electron chi connectivity index (χ0n) is 16.7. The van der Waals surface area contributed by atoms with E-state index in [1.165, 1.54) is 21.1 Å². The lowest BCUT2D eigenvalue weighted by Gasteiger charge is -2.39. The van der Waals surface area contributed by atoms with Crippen LogP contribution in [0.1, 0.15) is 31.9 Å². The SMILES string of the molecule is Cc1cccc(N2CCN(C(=O)CN(C(C)(C)C)S(C)(=O)=O)CC2)c1C. The Morgan fingerprint density at radius 2 is 1.69 bits per heavy atom. The van der Waals surface area contributed by atoms with Crippen LogP contribution in [0.15, 0.2) is 18.2 Å². The second-order valence-electron chi connectivity index (χ2n) is 8.03. The number of hydrogen-bond donors (Lipinski definition) is 0. The van der Waals surface area contributed by atoms with Gasteiger partial charge in [0.1, 0.15) is 0 Å². The highest BCUT2D eigenvalue weighted by atomic mass is 32.2. The summed E-state index contributed by atoms with van der Waals surface area (Å²) >= 11 is 0. The van der Waals surface area contributed by atoms with E-state index in [9.17, 15) is 13.2 Å². The Morgan fingerprint density at radius 3 is 2.19 bits per heavy atom. The summed E-state index contributed by atoms with van der Waals surface area (Å²) in [7, 11) is -3.45. The number of anilines is 1. The van der Waals surface area contributed by atoms with E-state index in [1.807, 2.05) is 0 Å². The summed E-state index contributed by atoms with van der Waals surface area (Å²) < 4.78 is 25.4. The molecule has 1 aliphatic rings. The number of nitrogens with zero attached hydrogens (tertiary/aromatic N) is 3. The van der Waals surface area contributed by atoms with Crippen molar-refractivity contribution in [3.05, 3.63) is 29.3 Å². The maximum Gasteiger partial charge on any atom is 0.238 e. The predicted molar refractivity (Wildman–Crippen MR) is 106 cm³/mol. The van der Waals surface area contributed by atoms with Crippen LogP contribution in [-0.4, -0.2) is 68.0 Å². The van der Waals surface area contributed by atoms with E-state index in [1.54, 1.807) is 25.7 Å². The van der Waals surface area contributed by atoms with E-state index >= 15 is 0 Å². The highest BCUT2D eigenvalue weighted by Gasteiger charge is 2.33. The zero-order valence-corrected chi connectivity index (χ0v) is 17.6. The first kappa shape index (κ1) is 20.7. The molecule has 1 heterocycles. The molecule has 0 saturated carbocycles. The number of hydrogen-bond acceptors (Lipinski definition) is 4. The molecule has 0 spiro atoms.